The number of halogens is 1. The second-order valence-corrected chi connectivity index (χ2v) is 11.5. The van der Waals surface area contributed by atoms with Gasteiger partial charge in [-0.1, -0.05) is 76.5 Å². The van der Waals surface area contributed by atoms with Crippen LogP contribution in [0.4, 0.5) is 0 Å². The van der Waals surface area contributed by atoms with Gasteiger partial charge >= 0.3 is 0 Å². The molecule has 2 unspecified atom stereocenters. The molecule has 1 aliphatic carbocycles. The van der Waals surface area contributed by atoms with E-state index in [0.29, 0.717) is 8.84 Å². The van der Waals surface area contributed by atoms with E-state index in [1.165, 1.54) is 69.9 Å². The summed E-state index contributed by atoms with van der Waals surface area (Å²) >= 11 is 2.70. The van der Waals surface area contributed by atoms with Crippen LogP contribution in [0.3, 0.4) is 0 Å². The summed E-state index contributed by atoms with van der Waals surface area (Å²) in [6.45, 7) is 12.1. The molecule has 23 heavy (non-hydrogen) atoms. The predicted octanol–water partition coefficient (Wildman–Crippen LogP) is 7.46. The second-order valence-electron chi connectivity index (χ2n) is 8.93. The monoisotopic (exact) mass is 433 g/mol. The lowest BCUT2D eigenvalue weighted by Crippen LogP contribution is -2.30. The molecule has 0 aromatic rings. The van der Waals surface area contributed by atoms with E-state index in [1.807, 2.05) is 7.05 Å². The molecule has 0 radical (unpaired) electrons. The van der Waals surface area contributed by atoms with Crippen LogP contribution >= 0.6 is 22.6 Å². The summed E-state index contributed by atoms with van der Waals surface area (Å²) in [5.41, 5.74) is 2.01. The van der Waals surface area contributed by atoms with Crippen LogP contribution in [-0.2, 0) is 0 Å². The Morgan fingerprint density at radius 1 is 1.26 bits per heavy atom. The summed E-state index contributed by atoms with van der Waals surface area (Å²) in [5.74, 6) is 1.50. The Morgan fingerprint density at radius 2 is 1.96 bits per heavy atom. The van der Waals surface area contributed by atoms with Crippen molar-refractivity contribution < 1.29 is 0 Å². The molecule has 1 fully saturated rings. The van der Waals surface area contributed by atoms with Crippen molar-refractivity contribution in [1.29, 1.82) is 0 Å². The third-order valence-corrected chi connectivity index (χ3v) is 6.81. The van der Waals surface area contributed by atoms with Crippen molar-refractivity contribution in [3.05, 3.63) is 0 Å². The van der Waals surface area contributed by atoms with Crippen molar-refractivity contribution in [3.8, 4) is 0 Å². The largest absolute Gasteiger partial charge is 0.297 e. The van der Waals surface area contributed by atoms with Crippen LogP contribution in [-0.4, -0.2) is 16.2 Å². The smallest absolute Gasteiger partial charge is 0.0276 e. The Bertz CT molecular complexity index is 370. The molecule has 0 amide bonds. The Morgan fingerprint density at radius 3 is 2.57 bits per heavy atom. The van der Waals surface area contributed by atoms with Crippen molar-refractivity contribution in [2.45, 2.75) is 102 Å². The van der Waals surface area contributed by atoms with Crippen LogP contribution in [0.2, 0.25) is 0 Å². The molecule has 0 spiro atoms. The molecule has 2 heteroatoms. The maximum Gasteiger partial charge on any atom is 0.0276 e. The van der Waals surface area contributed by atoms with Crippen molar-refractivity contribution in [2.75, 3.05) is 7.05 Å². The van der Waals surface area contributed by atoms with Gasteiger partial charge in [0.25, 0.3) is 0 Å². The van der Waals surface area contributed by atoms with Crippen LogP contribution in [0.5, 0.6) is 0 Å². The zero-order valence-electron chi connectivity index (χ0n) is 16.6. The van der Waals surface area contributed by atoms with Crippen molar-refractivity contribution in [2.24, 2.45) is 22.2 Å². The third-order valence-electron chi connectivity index (χ3n) is 5.83. The predicted molar refractivity (Wildman–Crippen MR) is 114 cm³/mol. The van der Waals surface area contributed by atoms with Crippen LogP contribution in [0.15, 0.2) is 4.99 Å². The Kier molecular flexibility index (Phi) is 9.11. The van der Waals surface area contributed by atoms with Gasteiger partial charge < -0.3 is 0 Å². The molecular formula is C21H40IN. The highest BCUT2D eigenvalue weighted by atomic mass is 127. The number of hydrogen-bond donors (Lipinski definition) is 0. The van der Waals surface area contributed by atoms with E-state index in [9.17, 15) is 0 Å². The molecule has 1 aliphatic rings. The van der Waals surface area contributed by atoms with Gasteiger partial charge in [0.05, 0.1) is 0 Å². The molecule has 0 aromatic carbocycles. The summed E-state index contributed by atoms with van der Waals surface area (Å²) in [7, 11) is 2.03. The van der Waals surface area contributed by atoms with E-state index in [0.717, 1.165) is 11.8 Å². The van der Waals surface area contributed by atoms with Gasteiger partial charge in [0, 0.05) is 16.2 Å². The number of nitrogens with zero attached hydrogens (tertiary/aromatic N) is 1. The lowest BCUT2D eigenvalue weighted by atomic mass is 9.75. The lowest BCUT2D eigenvalue weighted by molar-refractivity contribution is 0.293. The highest BCUT2D eigenvalue weighted by Gasteiger charge is 2.31. The number of rotatable bonds is 7. The van der Waals surface area contributed by atoms with Gasteiger partial charge in [-0.15, -0.1) is 0 Å². The SMILES string of the molecule is CCCC(C)(C)CCCC(=NC)C1CCCCC(C)(I)C[C@H]1C. The lowest BCUT2D eigenvalue weighted by Gasteiger charge is -2.35. The number of hydrogen-bond acceptors (Lipinski definition) is 1. The molecule has 3 atom stereocenters. The molecular weight excluding hydrogens is 393 g/mol. The minimum atomic E-state index is 0.484. The van der Waals surface area contributed by atoms with E-state index < -0.39 is 0 Å². The molecule has 0 saturated heterocycles. The van der Waals surface area contributed by atoms with Crippen LogP contribution in [0.1, 0.15) is 98.8 Å². The normalized spacial score (nSPS) is 30.8. The Labute approximate surface area is 159 Å². The first kappa shape index (κ1) is 21.4. The molecule has 0 aliphatic heterocycles. The van der Waals surface area contributed by atoms with Gasteiger partial charge in [0.2, 0.25) is 0 Å². The van der Waals surface area contributed by atoms with E-state index in [2.05, 4.69) is 57.2 Å². The van der Waals surface area contributed by atoms with Gasteiger partial charge in [-0.3, -0.25) is 4.99 Å². The first-order valence-corrected chi connectivity index (χ1v) is 10.9. The minimum Gasteiger partial charge on any atom is -0.297 e. The third kappa shape index (κ3) is 7.88. The molecule has 1 saturated carbocycles. The average molecular weight is 433 g/mol. The maximum absolute atomic E-state index is 4.76. The van der Waals surface area contributed by atoms with E-state index in [4.69, 9.17) is 4.99 Å². The summed E-state index contributed by atoms with van der Waals surface area (Å²) < 4.78 is 0.484. The summed E-state index contributed by atoms with van der Waals surface area (Å²) in [4.78, 5) is 4.76. The van der Waals surface area contributed by atoms with Crippen molar-refractivity contribution >= 4 is 28.3 Å². The van der Waals surface area contributed by atoms with E-state index in [-0.39, 0.29) is 0 Å². The molecule has 1 rings (SSSR count). The fourth-order valence-corrected chi connectivity index (χ4v) is 5.64. The van der Waals surface area contributed by atoms with Gasteiger partial charge in [-0.25, -0.2) is 0 Å². The highest BCUT2D eigenvalue weighted by Crippen LogP contribution is 2.40. The Hall–Kier alpha value is 0.400. The van der Waals surface area contributed by atoms with Crippen LogP contribution in [0, 0.1) is 17.3 Å². The van der Waals surface area contributed by atoms with Gasteiger partial charge in [-0.2, -0.15) is 0 Å². The summed E-state index contributed by atoms with van der Waals surface area (Å²) in [6.07, 6.45) is 13.4. The minimum absolute atomic E-state index is 0.484. The molecule has 1 nitrogen and oxygen atoms in total. The van der Waals surface area contributed by atoms with Crippen molar-refractivity contribution in [3.63, 3.8) is 0 Å². The summed E-state index contributed by atoms with van der Waals surface area (Å²) in [5, 5.41) is 0. The maximum atomic E-state index is 4.76. The molecule has 0 bridgehead atoms. The second kappa shape index (κ2) is 9.77. The zero-order valence-corrected chi connectivity index (χ0v) is 18.7. The van der Waals surface area contributed by atoms with Crippen molar-refractivity contribution in [1.82, 2.24) is 0 Å². The molecule has 0 heterocycles. The van der Waals surface area contributed by atoms with Crippen LogP contribution in [0.25, 0.3) is 0 Å². The number of alkyl halides is 1. The molecule has 136 valence electrons. The standard InChI is InChI=1S/C21H40IN/c1-7-13-20(3,4)14-10-12-19(23-6)18-11-8-9-15-21(5,22)16-17(18)2/h17-18H,7-16H2,1-6H3/t17-,18?,21?/m1/s1. The van der Waals surface area contributed by atoms with E-state index >= 15 is 0 Å². The number of aliphatic imine (C=N–C) groups is 1. The quantitative estimate of drug-likeness (QED) is 0.224. The zero-order chi connectivity index (χ0) is 17.5. The van der Waals surface area contributed by atoms with Gasteiger partial charge in [0.15, 0.2) is 0 Å². The van der Waals surface area contributed by atoms with Gasteiger partial charge in [-0.05, 0) is 62.2 Å². The van der Waals surface area contributed by atoms with Crippen LogP contribution < -0.4 is 0 Å². The first-order valence-electron chi connectivity index (χ1n) is 9.85. The topological polar surface area (TPSA) is 12.4 Å². The first-order chi connectivity index (χ1) is 10.7. The molecule has 0 aromatic heterocycles. The summed E-state index contributed by atoms with van der Waals surface area (Å²) in [6, 6.07) is 0. The highest BCUT2D eigenvalue weighted by molar-refractivity contribution is 14.1. The van der Waals surface area contributed by atoms with Gasteiger partial charge in [0.1, 0.15) is 0 Å². The fraction of sp³-hybridized carbons (Fsp3) is 0.952. The Balaban J connectivity index is 2.61. The molecule has 0 N–H and O–H groups in total. The fourth-order valence-electron chi connectivity index (χ4n) is 4.57. The average Bonchev–Trinajstić information content (AvgIpc) is 2.42. The van der Waals surface area contributed by atoms with E-state index in [1.54, 1.807) is 0 Å².